The van der Waals surface area contributed by atoms with Crippen molar-refractivity contribution in [2.24, 2.45) is 0 Å². The Morgan fingerprint density at radius 1 is 1.08 bits per heavy atom. The molecule has 1 fully saturated rings. The van der Waals surface area contributed by atoms with Gasteiger partial charge in [0.15, 0.2) is 0 Å². The Morgan fingerprint density at radius 3 is 2.38 bits per heavy atom. The van der Waals surface area contributed by atoms with Crippen LogP contribution in [0.1, 0.15) is 36.9 Å². The molecule has 138 valence electrons. The standard InChI is InChI=1S/C21H26ClN3O/c1-16(18-6-8-19(22)9-7-18)23-14-21(26)24-20-10-4-17(5-11-20)15-25-12-2-3-13-25/h4-11,16,23H,2-3,12-15H2,1H3,(H,24,26)/t16-/m1/s1. The number of nitrogens with zero attached hydrogens (tertiary/aromatic N) is 1. The van der Waals surface area contributed by atoms with Gasteiger partial charge in [-0.15, -0.1) is 0 Å². The van der Waals surface area contributed by atoms with Gasteiger partial charge in [-0.25, -0.2) is 0 Å². The lowest BCUT2D eigenvalue weighted by atomic mass is 10.1. The molecule has 0 bridgehead atoms. The predicted molar refractivity (Wildman–Crippen MR) is 107 cm³/mol. The number of amides is 1. The number of hydrogen-bond acceptors (Lipinski definition) is 3. The Labute approximate surface area is 160 Å². The van der Waals surface area contributed by atoms with Crippen molar-refractivity contribution in [2.75, 3.05) is 25.0 Å². The molecule has 0 unspecified atom stereocenters. The van der Waals surface area contributed by atoms with Crippen LogP contribution in [0.15, 0.2) is 48.5 Å². The molecule has 0 spiro atoms. The summed E-state index contributed by atoms with van der Waals surface area (Å²) in [5.41, 5.74) is 3.23. The summed E-state index contributed by atoms with van der Waals surface area (Å²) < 4.78 is 0. The summed E-state index contributed by atoms with van der Waals surface area (Å²) in [5.74, 6) is -0.0434. The first-order valence-corrected chi connectivity index (χ1v) is 9.58. The SMILES string of the molecule is C[C@@H](NCC(=O)Nc1ccc(CN2CCCC2)cc1)c1ccc(Cl)cc1. The smallest absolute Gasteiger partial charge is 0.238 e. The van der Waals surface area contributed by atoms with Crippen molar-refractivity contribution in [3.05, 3.63) is 64.7 Å². The summed E-state index contributed by atoms with van der Waals surface area (Å²) in [6.45, 7) is 5.67. The number of likely N-dealkylation sites (tertiary alicyclic amines) is 1. The van der Waals surface area contributed by atoms with Gasteiger partial charge in [-0.2, -0.15) is 0 Å². The molecule has 3 rings (SSSR count). The maximum absolute atomic E-state index is 12.2. The zero-order valence-electron chi connectivity index (χ0n) is 15.2. The van der Waals surface area contributed by atoms with Gasteiger partial charge in [0.1, 0.15) is 0 Å². The summed E-state index contributed by atoms with van der Waals surface area (Å²) in [6, 6.07) is 15.9. The molecule has 2 aromatic rings. The predicted octanol–water partition coefficient (Wildman–Crippen LogP) is 4.23. The zero-order valence-corrected chi connectivity index (χ0v) is 15.9. The number of halogens is 1. The summed E-state index contributed by atoms with van der Waals surface area (Å²) in [5, 5.41) is 6.89. The van der Waals surface area contributed by atoms with E-state index in [9.17, 15) is 4.79 Å². The third-order valence-corrected chi connectivity index (χ3v) is 5.03. The Hall–Kier alpha value is -1.88. The van der Waals surface area contributed by atoms with Crippen LogP contribution in [-0.2, 0) is 11.3 Å². The van der Waals surface area contributed by atoms with Crippen LogP contribution in [0.3, 0.4) is 0 Å². The molecular weight excluding hydrogens is 346 g/mol. The molecule has 0 radical (unpaired) electrons. The topological polar surface area (TPSA) is 44.4 Å². The van der Waals surface area contributed by atoms with E-state index in [1.54, 1.807) is 0 Å². The highest BCUT2D eigenvalue weighted by molar-refractivity contribution is 6.30. The summed E-state index contributed by atoms with van der Waals surface area (Å²) >= 11 is 5.91. The first-order valence-electron chi connectivity index (χ1n) is 9.20. The van der Waals surface area contributed by atoms with E-state index in [2.05, 4.69) is 27.7 Å². The molecule has 0 aliphatic carbocycles. The van der Waals surface area contributed by atoms with E-state index in [0.717, 1.165) is 17.8 Å². The fraction of sp³-hybridized carbons (Fsp3) is 0.381. The molecule has 1 saturated heterocycles. The van der Waals surface area contributed by atoms with Gasteiger partial charge in [0.2, 0.25) is 5.91 Å². The van der Waals surface area contributed by atoms with Crippen molar-refractivity contribution >= 4 is 23.2 Å². The van der Waals surface area contributed by atoms with Crippen LogP contribution in [0.2, 0.25) is 5.02 Å². The van der Waals surface area contributed by atoms with E-state index < -0.39 is 0 Å². The molecule has 1 amide bonds. The number of carbonyl (C=O) groups excluding carboxylic acids is 1. The quantitative estimate of drug-likeness (QED) is 0.765. The largest absolute Gasteiger partial charge is 0.325 e. The molecule has 1 aliphatic heterocycles. The lowest BCUT2D eigenvalue weighted by Gasteiger charge is -2.15. The highest BCUT2D eigenvalue weighted by Crippen LogP contribution is 2.17. The monoisotopic (exact) mass is 371 g/mol. The van der Waals surface area contributed by atoms with Crippen molar-refractivity contribution in [1.82, 2.24) is 10.2 Å². The fourth-order valence-corrected chi connectivity index (χ4v) is 3.34. The summed E-state index contributed by atoms with van der Waals surface area (Å²) in [7, 11) is 0. The van der Waals surface area contributed by atoms with Crippen molar-refractivity contribution < 1.29 is 4.79 Å². The number of carbonyl (C=O) groups is 1. The first-order chi connectivity index (χ1) is 12.6. The van der Waals surface area contributed by atoms with Gasteiger partial charge in [-0.05, 0) is 68.2 Å². The van der Waals surface area contributed by atoms with Crippen LogP contribution in [0.4, 0.5) is 5.69 Å². The second-order valence-electron chi connectivity index (χ2n) is 6.88. The van der Waals surface area contributed by atoms with Gasteiger partial charge >= 0.3 is 0 Å². The molecular formula is C21H26ClN3O. The second-order valence-corrected chi connectivity index (χ2v) is 7.32. The van der Waals surface area contributed by atoms with Gasteiger partial charge in [-0.3, -0.25) is 9.69 Å². The van der Waals surface area contributed by atoms with Gasteiger partial charge < -0.3 is 10.6 Å². The van der Waals surface area contributed by atoms with Crippen LogP contribution in [-0.4, -0.2) is 30.4 Å². The minimum atomic E-state index is -0.0434. The lowest BCUT2D eigenvalue weighted by molar-refractivity contribution is -0.115. The number of benzene rings is 2. The minimum Gasteiger partial charge on any atom is -0.325 e. The third-order valence-electron chi connectivity index (χ3n) is 4.78. The zero-order chi connectivity index (χ0) is 18.4. The molecule has 1 aliphatic rings. The van der Waals surface area contributed by atoms with Gasteiger partial charge in [0.05, 0.1) is 6.54 Å². The van der Waals surface area contributed by atoms with E-state index in [1.165, 1.54) is 31.5 Å². The van der Waals surface area contributed by atoms with Crippen molar-refractivity contribution in [1.29, 1.82) is 0 Å². The molecule has 5 heteroatoms. The first kappa shape index (κ1) is 18.9. The number of nitrogens with one attached hydrogen (secondary N) is 2. The van der Waals surface area contributed by atoms with Crippen LogP contribution in [0.25, 0.3) is 0 Å². The van der Waals surface area contributed by atoms with Crippen LogP contribution < -0.4 is 10.6 Å². The average Bonchev–Trinajstić information content (AvgIpc) is 3.15. The third kappa shape index (κ3) is 5.56. The van der Waals surface area contributed by atoms with Gasteiger partial charge in [-0.1, -0.05) is 35.9 Å². The van der Waals surface area contributed by atoms with Crippen molar-refractivity contribution in [3.8, 4) is 0 Å². The number of anilines is 1. The average molecular weight is 372 g/mol. The van der Waals surface area contributed by atoms with Gasteiger partial charge in [0.25, 0.3) is 0 Å². The van der Waals surface area contributed by atoms with Crippen LogP contribution >= 0.6 is 11.6 Å². The molecule has 2 N–H and O–H groups in total. The summed E-state index contributed by atoms with van der Waals surface area (Å²) in [4.78, 5) is 14.6. The van der Waals surface area contributed by atoms with Crippen LogP contribution in [0, 0.1) is 0 Å². The molecule has 2 aromatic carbocycles. The Kier molecular flexibility index (Phi) is 6.67. The molecule has 26 heavy (non-hydrogen) atoms. The second kappa shape index (κ2) is 9.17. The highest BCUT2D eigenvalue weighted by atomic mass is 35.5. The van der Waals surface area contributed by atoms with E-state index in [1.807, 2.05) is 43.3 Å². The molecule has 4 nitrogen and oxygen atoms in total. The summed E-state index contributed by atoms with van der Waals surface area (Å²) in [6.07, 6.45) is 2.60. The van der Waals surface area contributed by atoms with Crippen molar-refractivity contribution in [3.63, 3.8) is 0 Å². The Bertz CT molecular complexity index is 709. The number of rotatable bonds is 7. The fourth-order valence-electron chi connectivity index (χ4n) is 3.21. The maximum atomic E-state index is 12.2. The Balaban J connectivity index is 1.44. The molecule has 0 saturated carbocycles. The minimum absolute atomic E-state index is 0.0434. The molecule has 1 heterocycles. The van der Waals surface area contributed by atoms with Gasteiger partial charge in [0, 0.05) is 23.3 Å². The lowest BCUT2D eigenvalue weighted by Crippen LogP contribution is -2.30. The Morgan fingerprint density at radius 2 is 1.73 bits per heavy atom. The van der Waals surface area contributed by atoms with E-state index in [0.29, 0.717) is 5.02 Å². The molecule has 1 atom stereocenters. The van der Waals surface area contributed by atoms with E-state index in [-0.39, 0.29) is 18.5 Å². The molecule has 0 aromatic heterocycles. The number of hydrogen-bond donors (Lipinski definition) is 2. The normalized spacial score (nSPS) is 15.8. The van der Waals surface area contributed by atoms with Crippen LogP contribution in [0.5, 0.6) is 0 Å². The maximum Gasteiger partial charge on any atom is 0.238 e. The van der Waals surface area contributed by atoms with Crippen molar-refractivity contribution in [2.45, 2.75) is 32.4 Å². The highest BCUT2D eigenvalue weighted by Gasteiger charge is 2.12. The van der Waals surface area contributed by atoms with E-state index >= 15 is 0 Å². The van der Waals surface area contributed by atoms with E-state index in [4.69, 9.17) is 11.6 Å².